The number of aromatic hydroxyl groups is 1. The van der Waals surface area contributed by atoms with E-state index in [1.54, 1.807) is 23.1 Å². The normalized spacial score (nSPS) is 18.8. The summed E-state index contributed by atoms with van der Waals surface area (Å²) in [6.07, 6.45) is 7.04. The minimum Gasteiger partial charge on any atom is -0.507 e. The number of rotatable bonds is 3. The molecule has 1 aromatic heterocycles. The highest BCUT2D eigenvalue weighted by molar-refractivity contribution is 6.30. The zero-order valence-corrected chi connectivity index (χ0v) is 16.9. The summed E-state index contributed by atoms with van der Waals surface area (Å²) in [5.74, 6) is -0.210. The Bertz CT molecular complexity index is 930. The minimum absolute atomic E-state index is 0.0348. The van der Waals surface area contributed by atoms with E-state index in [1.807, 2.05) is 6.07 Å². The van der Waals surface area contributed by atoms with Gasteiger partial charge in [-0.2, -0.15) is 0 Å². The van der Waals surface area contributed by atoms with Crippen LogP contribution in [0.25, 0.3) is 0 Å². The molecule has 1 fully saturated rings. The quantitative estimate of drug-likeness (QED) is 0.801. The average molecular weight is 414 g/mol. The third-order valence-electron chi connectivity index (χ3n) is 5.75. The molecule has 0 bridgehead atoms. The van der Waals surface area contributed by atoms with Gasteiger partial charge in [-0.15, -0.1) is 0 Å². The first-order chi connectivity index (χ1) is 14.0. The Morgan fingerprint density at radius 2 is 1.90 bits per heavy atom. The second kappa shape index (κ2) is 8.41. The number of hydrogen-bond acceptors (Lipinski definition) is 4. The molecule has 2 N–H and O–H groups in total. The number of carbonyl (C=O) groups is 2. The van der Waals surface area contributed by atoms with Crippen LogP contribution in [0, 0.1) is 5.92 Å². The van der Waals surface area contributed by atoms with Crippen LogP contribution < -0.4 is 5.32 Å². The zero-order valence-electron chi connectivity index (χ0n) is 16.2. The van der Waals surface area contributed by atoms with Gasteiger partial charge < -0.3 is 15.3 Å². The van der Waals surface area contributed by atoms with Crippen molar-refractivity contribution in [1.29, 1.82) is 0 Å². The number of fused-ring (bicyclic) bond motifs is 1. The summed E-state index contributed by atoms with van der Waals surface area (Å²) >= 11 is 5.83. The van der Waals surface area contributed by atoms with Crippen molar-refractivity contribution in [3.8, 4) is 5.75 Å². The third kappa shape index (κ3) is 4.37. The van der Waals surface area contributed by atoms with Gasteiger partial charge in [0.05, 0.1) is 16.5 Å². The standard InChI is InChI=1S/C22H24ClN3O3/c23-17-7-8-20(24-12-17)25-21(28)16-6-3-9-26(13-16)22(29)18-10-14-4-1-2-5-15(14)11-19(18)27/h7-8,10-12,16,27H,1-6,9,13H2,(H,24,25,28). The number of phenolic OH excluding ortho intramolecular Hbond substituents is 1. The number of likely N-dealkylation sites (tertiary alicyclic amines) is 1. The van der Waals surface area contributed by atoms with E-state index in [4.69, 9.17) is 11.6 Å². The van der Waals surface area contributed by atoms with Crippen molar-refractivity contribution in [2.75, 3.05) is 18.4 Å². The number of halogens is 1. The van der Waals surface area contributed by atoms with Gasteiger partial charge in [0, 0.05) is 19.3 Å². The lowest BCUT2D eigenvalue weighted by molar-refractivity contribution is -0.121. The molecule has 1 aliphatic carbocycles. The third-order valence-corrected chi connectivity index (χ3v) is 5.97. The molecule has 1 aliphatic heterocycles. The van der Waals surface area contributed by atoms with Crippen LogP contribution >= 0.6 is 11.6 Å². The van der Waals surface area contributed by atoms with Crippen LogP contribution in [-0.2, 0) is 17.6 Å². The van der Waals surface area contributed by atoms with Crippen molar-refractivity contribution in [3.63, 3.8) is 0 Å². The fourth-order valence-electron chi connectivity index (χ4n) is 4.17. The van der Waals surface area contributed by atoms with Crippen LogP contribution in [0.15, 0.2) is 30.5 Å². The fourth-order valence-corrected chi connectivity index (χ4v) is 4.28. The maximum atomic E-state index is 13.1. The Balaban J connectivity index is 1.46. The van der Waals surface area contributed by atoms with E-state index < -0.39 is 0 Å². The second-order valence-corrected chi connectivity index (χ2v) is 8.22. The molecule has 6 nitrogen and oxygen atoms in total. The topological polar surface area (TPSA) is 82.5 Å². The van der Waals surface area contributed by atoms with E-state index in [1.165, 1.54) is 6.20 Å². The molecular weight excluding hydrogens is 390 g/mol. The van der Waals surface area contributed by atoms with Crippen LogP contribution in [0.5, 0.6) is 5.75 Å². The van der Waals surface area contributed by atoms with Gasteiger partial charge >= 0.3 is 0 Å². The predicted octanol–water partition coefficient (Wildman–Crippen LogP) is 3.81. The van der Waals surface area contributed by atoms with Crippen molar-refractivity contribution < 1.29 is 14.7 Å². The van der Waals surface area contributed by atoms with E-state index in [2.05, 4.69) is 10.3 Å². The summed E-state index contributed by atoms with van der Waals surface area (Å²) in [6, 6.07) is 6.90. The van der Waals surface area contributed by atoms with E-state index in [9.17, 15) is 14.7 Å². The first kappa shape index (κ1) is 19.7. The fraction of sp³-hybridized carbons (Fsp3) is 0.409. The Labute approximate surface area is 174 Å². The molecule has 1 aromatic carbocycles. The van der Waals surface area contributed by atoms with Gasteiger partial charge in [-0.3, -0.25) is 9.59 Å². The summed E-state index contributed by atoms with van der Waals surface area (Å²) in [5.41, 5.74) is 2.63. The number of hydrogen-bond donors (Lipinski definition) is 2. The van der Waals surface area contributed by atoms with Crippen LogP contribution in [0.4, 0.5) is 5.82 Å². The van der Waals surface area contributed by atoms with Crippen molar-refractivity contribution in [3.05, 3.63) is 52.2 Å². The van der Waals surface area contributed by atoms with Crippen molar-refractivity contribution >= 4 is 29.2 Å². The summed E-state index contributed by atoms with van der Waals surface area (Å²) in [5, 5.41) is 13.7. The Morgan fingerprint density at radius 1 is 1.14 bits per heavy atom. The van der Waals surface area contributed by atoms with Gasteiger partial charge in [-0.1, -0.05) is 11.6 Å². The molecule has 2 heterocycles. The number of piperidine rings is 1. The first-order valence-electron chi connectivity index (χ1n) is 10.1. The zero-order chi connectivity index (χ0) is 20.4. The number of aromatic nitrogens is 1. The molecule has 2 aromatic rings. The Morgan fingerprint density at radius 3 is 2.62 bits per heavy atom. The molecule has 0 spiro atoms. The molecule has 7 heteroatoms. The van der Waals surface area contributed by atoms with Gasteiger partial charge in [0.2, 0.25) is 5.91 Å². The lowest BCUT2D eigenvalue weighted by Crippen LogP contribution is -2.43. The maximum Gasteiger partial charge on any atom is 0.257 e. The van der Waals surface area contributed by atoms with E-state index >= 15 is 0 Å². The second-order valence-electron chi connectivity index (χ2n) is 7.79. The van der Waals surface area contributed by atoms with Crippen molar-refractivity contribution in [2.45, 2.75) is 38.5 Å². The van der Waals surface area contributed by atoms with E-state index in [0.29, 0.717) is 35.9 Å². The summed E-state index contributed by atoms with van der Waals surface area (Å²) in [6.45, 7) is 0.910. The van der Waals surface area contributed by atoms with Crippen molar-refractivity contribution in [2.24, 2.45) is 5.92 Å². The highest BCUT2D eigenvalue weighted by atomic mass is 35.5. The molecule has 4 rings (SSSR count). The summed E-state index contributed by atoms with van der Waals surface area (Å²) in [4.78, 5) is 31.5. The van der Waals surface area contributed by atoms with Gasteiger partial charge in [-0.25, -0.2) is 4.98 Å². The smallest absolute Gasteiger partial charge is 0.257 e. The monoisotopic (exact) mass is 413 g/mol. The Kier molecular flexibility index (Phi) is 5.72. The number of nitrogens with zero attached hydrogens (tertiary/aromatic N) is 2. The highest BCUT2D eigenvalue weighted by Crippen LogP contribution is 2.30. The van der Waals surface area contributed by atoms with Crippen LogP contribution in [0.3, 0.4) is 0 Å². The van der Waals surface area contributed by atoms with Gasteiger partial charge in [0.1, 0.15) is 11.6 Å². The first-order valence-corrected chi connectivity index (χ1v) is 10.5. The predicted molar refractivity (Wildman–Crippen MR) is 111 cm³/mol. The number of carbonyl (C=O) groups excluding carboxylic acids is 2. The average Bonchev–Trinajstić information content (AvgIpc) is 2.74. The lowest BCUT2D eigenvalue weighted by Gasteiger charge is -2.32. The molecule has 1 saturated heterocycles. The molecule has 1 atom stereocenters. The molecule has 152 valence electrons. The SMILES string of the molecule is O=C(Nc1ccc(Cl)cn1)C1CCCN(C(=O)c2cc3c(cc2O)CCCC3)C1. The largest absolute Gasteiger partial charge is 0.507 e. The van der Waals surface area contributed by atoms with Crippen molar-refractivity contribution in [1.82, 2.24) is 9.88 Å². The van der Waals surface area contributed by atoms with Gasteiger partial charge in [0.25, 0.3) is 5.91 Å². The molecule has 2 amide bonds. The van der Waals surface area contributed by atoms with Crippen LogP contribution in [0.1, 0.15) is 47.2 Å². The van der Waals surface area contributed by atoms with E-state index in [0.717, 1.165) is 43.2 Å². The number of aryl methyl sites for hydroxylation is 2. The van der Waals surface area contributed by atoms with Gasteiger partial charge in [-0.05, 0) is 73.9 Å². The number of pyridine rings is 1. The van der Waals surface area contributed by atoms with Crippen LogP contribution in [-0.4, -0.2) is 39.9 Å². The minimum atomic E-state index is -0.315. The Hall–Kier alpha value is -2.60. The molecule has 1 unspecified atom stereocenters. The molecule has 0 radical (unpaired) electrons. The molecular formula is C22H24ClN3O3. The van der Waals surface area contributed by atoms with Gasteiger partial charge in [0.15, 0.2) is 0 Å². The number of nitrogens with one attached hydrogen (secondary N) is 1. The van der Waals surface area contributed by atoms with Crippen LogP contribution in [0.2, 0.25) is 5.02 Å². The number of anilines is 1. The molecule has 29 heavy (non-hydrogen) atoms. The highest BCUT2D eigenvalue weighted by Gasteiger charge is 2.30. The number of benzene rings is 1. The molecule has 0 saturated carbocycles. The number of amides is 2. The maximum absolute atomic E-state index is 13.1. The lowest BCUT2D eigenvalue weighted by atomic mass is 9.89. The van der Waals surface area contributed by atoms with E-state index in [-0.39, 0.29) is 23.5 Å². The number of phenols is 1. The molecule has 2 aliphatic rings. The summed E-state index contributed by atoms with van der Waals surface area (Å²) < 4.78 is 0. The summed E-state index contributed by atoms with van der Waals surface area (Å²) in [7, 11) is 0.